The SMILES string of the molecule is COCC(C)NC(=O)c1cc(S(=O)(=O)N2CCCC2)ccc1Cl. The molecule has 1 amide bonds. The summed E-state index contributed by atoms with van der Waals surface area (Å²) < 4.78 is 31.6. The van der Waals surface area contributed by atoms with Crippen molar-refractivity contribution in [2.45, 2.75) is 30.7 Å². The highest BCUT2D eigenvalue weighted by atomic mass is 35.5. The smallest absolute Gasteiger partial charge is 0.253 e. The summed E-state index contributed by atoms with van der Waals surface area (Å²) in [6, 6.07) is 4.01. The predicted molar refractivity (Wildman–Crippen MR) is 88.2 cm³/mol. The van der Waals surface area contributed by atoms with Crippen LogP contribution in [0.3, 0.4) is 0 Å². The topological polar surface area (TPSA) is 75.7 Å². The molecule has 0 spiro atoms. The molecule has 1 saturated heterocycles. The molecule has 0 radical (unpaired) electrons. The average Bonchev–Trinajstić information content (AvgIpc) is 3.02. The third kappa shape index (κ3) is 4.23. The maximum Gasteiger partial charge on any atom is 0.253 e. The second-order valence-electron chi connectivity index (χ2n) is 5.58. The van der Waals surface area contributed by atoms with E-state index < -0.39 is 15.9 Å². The first kappa shape index (κ1) is 18.2. The van der Waals surface area contributed by atoms with E-state index in [-0.39, 0.29) is 21.5 Å². The second kappa shape index (κ2) is 7.61. The number of sulfonamides is 1. The summed E-state index contributed by atoms with van der Waals surface area (Å²) in [5.41, 5.74) is 0.148. The van der Waals surface area contributed by atoms with Crippen LogP contribution in [-0.4, -0.2) is 51.5 Å². The summed E-state index contributed by atoms with van der Waals surface area (Å²) in [5.74, 6) is -0.418. The van der Waals surface area contributed by atoms with Crippen LogP contribution in [0.5, 0.6) is 0 Å². The lowest BCUT2D eigenvalue weighted by atomic mass is 10.2. The van der Waals surface area contributed by atoms with Gasteiger partial charge in [0.2, 0.25) is 10.0 Å². The van der Waals surface area contributed by atoms with Crippen LogP contribution in [0, 0.1) is 0 Å². The molecule has 0 aromatic heterocycles. The number of halogens is 1. The zero-order valence-corrected chi connectivity index (χ0v) is 14.8. The quantitative estimate of drug-likeness (QED) is 0.840. The van der Waals surface area contributed by atoms with Gasteiger partial charge in [0.25, 0.3) is 5.91 Å². The molecule has 1 unspecified atom stereocenters. The molecule has 0 aliphatic carbocycles. The van der Waals surface area contributed by atoms with Gasteiger partial charge in [-0.15, -0.1) is 0 Å². The van der Waals surface area contributed by atoms with E-state index >= 15 is 0 Å². The fourth-order valence-electron chi connectivity index (χ4n) is 2.51. The van der Waals surface area contributed by atoms with Gasteiger partial charge in [0.05, 0.1) is 22.1 Å². The van der Waals surface area contributed by atoms with Crippen LogP contribution in [0.2, 0.25) is 5.02 Å². The van der Waals surface area contributed by atoms with Crippen molar-refractivity contribution in [2.24, 2.45) is 0 Å². The van der Waals surface area contributed by atoms with Gasteiger partial charge in [-0.05, 0) is 38.0 Å². The molecule has 128 valence electrons. The van der Waals surface area contributed by atoms with E-state index in [2.05, 4.69) is 5.32 Å². The van der Waals surface area contributed by atoms with Crippen molar-refractivity contribution in [1.82, 2.24) is 9.62 Å². The zero-order valence-electron chi connectivity index (χ0n) is 13.2. The normalized spacial score (nSPS) is 17.2. The van der Waals surface area contributed by atoms with Crippen LogP contribution in [0.25, 0.3) is 0 Å². The van der Waals surface area contributed by atoms with Crippen molar-refractivity contribution in [3.05, 3.63) is 28.8 Å². The number of methoxy groups -OCH3 is 1. The van der Waals surface area contributed by atoms with Gasteiger partial charge in [0.1, 0.15) is 0 Å². The number of carbonyl (C=O) groups is 1. The molecule has 2 rings (SSSR count). The van der Waals surface area contributed by atoms with Crippen molar-refractivity contribution in [2.75, 3.05) is 26.8 Å². The minimum atomic E-state index is -3.58. The first-order valence-corrected chi connectivity index (χ1v) is 9.27. The molecule has 1 N–H and O–H groups in total. The maximum atomic E-state index is 12.6. The van der Waals surface area contributed by atoms with Crippen molar-refractivity contribution < 1.29 is 17.9 Å². The third-order valence-electron chi connectivity index (χ3n) is 3.68. The molecule has 0 bridgehead atoms. The summed E-state index contributed by atoms with van der Waals surface area (Å²) in [6.45, 7) is 3.17. The van der Waals surface area contributed by atoms with E-state index in [1.54, 1.807) is 14.0 Å². The van der Waals surface area contributed by atoms with Crippen molar-refractivity contribution in [3.63, 3.8) is 0 Å². The van der Waals surface area contributed by atoms with E-state index in [9.17, 15) is 13.2 Å². The lowest BCUT2D eigenvalue weighted by Gasteiger charge is -2.17. The Hall–Kier alpha value is -1.15. The van der Waals surface area contributed by atoms with E-state index in [0.717, 1.165) is 12.8 Å². The molecular weight excluding hydrogens is 340 g/mol. The highest BCUT2D eigenvalue weighted by Gasteiger charge is 2.28. The second-order valence-corrected chi connectivity index (χ2v) is 7.93. The van der Waals surface area contributed by atoms with Crippen LogP contribution in [0.15, 0.2) is 23.1 Å². The largest absolute Gasteiger partial charge is 0.383 e. The predicted octanol–water partition coefficient (Wildman–Crippen LogP) is 1.89. The highest BCUT2D eigenvalue weighted by molar-refractivity contribution is 7.89. The van der Waals surface area contributed by atoms with E-state index in [4.69, 9.17) is 16.3 Å². The van der Waals surface area contributed by atoms with Crippen LogP contribution in [-0.2, 0) is 14.8 Å². The minimum Gasteiger partial charge on any atom is -0.383 e. The average molecular weight is 361 g/mol. The van der Waals surface area contributed by atoms with Crippen LogP contribution in [0.4, 0.5) is 0 Å². The molecule has 1 aliphatic rings. The number of carbonyl (C=O) groups excluding carboxylic acids is 1. The third-order valence-corrected chi connectivity index (χ3v) is 5.90. The summed E-state index contributed by atoms with van der Waals surface area (Å²) in [7, 11) is -2.04. The lowest BCUT2D eigenvalue weighted by Crippen LogP contribution is -2.36. The Labute approximate surface area is 141 Å². The van der Waals surface area contributed by atoms with Gasteiger partial charge in [0.15, 0.2) is 0 Å². The van der Waals surface area contributed by atoms with Crippen molar-refractivity contribution in [3.8, 4) is 0 Å². The van der Waals surface area contributed by atoms with E-state index in [1.807, 2.05) is 0 Å². The molecule has 1 aromatic carbocycles. The molecule has 8 heteroatoms. The molecule has 1 fully saturated rings. The Balaban J connectivity index is 2.26. The fourth-order valence-corrected chi connectivity index (χ4v) is 4.26. The van der Waals surface area contributed by atoms with Crippen molar-refractivity contribution in [1.29, 1.82) is 0 Å². The van der Waals surface area contributed by atoms with Gasteiger partial charge >= 0.3 is 0 Å². The number of amides is 1. The Morgan fingerprint density at radius 1 is 1.39 bits per heavy atom. The van der Waals surface area contributed by atoms with Gasteiger partial charge in [-0.25, -0.2) is 8.42 Å². The fraction of sp³-hybridized carbons (Fsp3) is 0.533. The first-order chi connectivity index (χ1) is 10.9. The van der Waals surface area contributed by atoms with Crippen molar-refractivity contribution >= 4 is 27.5 Å². The summed E-state index contributed by atoms with van der Waals surface area (Å²) in [4.78, 5) is 12.4. The molecule has 23 heavy (non-hydrogen) atoms. The van der Waals surface area contributed by atoms with Gasteiger partial charge in [-0.1, -0.05) is 11.6 Å². The summed E-state index contributed by atoms with van der Waals surface area (Å²) in [6.07, 6.45) is 1.71. The Morgan fingerprint density at radius 2 is 2.04 bits per heavy atom. The highest BCUT2D eigenvalue weighted by Crippen LogP contribution is 2.25. The maximum absolute atomic E-state index is 12.6. The number of benzene rings is 1. The van der Waals surface area contributed by atoms with Crippen LogP contribution >= 0.6 is 11.6 Å². The van der Waals surface area contributed by atoms with Crippen LogP contribution in [0.1, 0.15) is 30.1 Å². The molecule has 1 aliphatic heterocycles. The standard InChI is InChI=1S/C15H21ClN2O4S/c1-11(10-22-2)17-15(19)13-9-12(5-6-14(13)16)23(20,21)18-7-3-4-8-18/h5-6,9,11H,3-4,7-8,10H2,1-2H3,(H,17,19). The summed E-state index contributed by atoms with van der Waals surface area (Å²) >= 11 is 6.06. The van der Waals surface area contributed by atoms with Gasteiger partial charge < -0.3 is 10.1 Å². The van der Waals surface area contributed by atoms with Gasteiger partial charge in [-0.3, -0.25) is 4.79 Å². The molecular formula is C15H21ClN2O4S. The van der Waals surface area contributed by atoms with E-state index in [0.29, 0.717) is 19.7 Å². The monoisotopic (exact) mass is 360 g/mol. The Morgan fingerprint density at radius 3 is 2.65 bits per heavy atom. The molecule has 1 heterocycles. The Kier molecular flexibility index (Phi) is 6.02. The number of ether oxygens (including phenoxy) is 1. The summed E-state index contributed by atoms with van der Waals surface area (Å²) in [5, 5.41) is 2.94. The Bertz CT molecular complexity index is 672. The number of nitrogens with zero attached hydrogens (tertiary/aromatic N) is 1. The lowest BCUT2D eigenvalue weighted by molar-refractivity contribution is 0.0905. The molecule has 6 nitrogen and oxygen atoms in total. The molecule has 1 atom stereocenters. The van der Waals surface area contributed by atoms with Gasteiger partial charge in [-0.2, -0.15) is 4.31 Å². The first-order valence-electron chi connectivity index (χ1n) is 7.45. The van der Waals surface area contributed by atoms with Gasteiger partial charge in [0, 0.05) is 26.2 Å². The van der Waals surface area contributed by atoms with Crippen LogP contribution < -0.4 is 5.32 Å². The number of rotatable bonds is 6. The zero-order chi connectivity index (χ0) is 17.0. The van der Waals surface area contributed by atoms with E-state index in [1.165, 1.54) is 22.5 Å². The number of hydrogen-bond donors (Lipinski definition) is 1. The molecule has 1 aromatic rings. The molecule has 0 saturated carbocycles. The minimum absolute atomic E-state index is 0.0911. The number of hydrogen-bond acceptors (Lipinski definition) is 4. The number of nitrogens with one attached hydrogen (secondary N) is 1.